The number of hydrogen-bond donors (Lipinski definition) is 1. The first-order valence-corrected chi connectivity index (χ1v) is 10.2. The van der Waals surface area contributed by atoms with E-state index in [4.69, 9.17) is 11.6 Å². The van der Waals surface area contributed by atoms with Gasteiger partial charge in [-0.25, -0.2) is 4.98 Å². The van der Waals surface area contributed by atoms with Crippen LogP contribution in [-0.2, 0) is 4.79 Å². The molecule has 1 aromatic heterocycles. The lowest BCUT2D eigenvalue weighted by atomic mass is 10.2. The molecule has 144 valence electrons. The number of thioether (sulfide) groups is 1. The minimum Gasteiger partial charge on any atom is -0.325 e. The van der Waals surface area contributed by atoms with Gasteiger partial charge in [0.15, 0.2) is 5.16 Å². The molecule has 29 heavy (non-hydrogen) atoms. The van der Waals surface area contributed by atoms with Crippen molar-refractivity contribution in [3.05, 3.63) is 94.2 Å². The van der Waals surface area contributed by atoms with E-state index in [2.05, 4.69) is 10.3 Å². The Morgan fingerprint density at radius 1 is 1.00 bits per heavy atom. The van der Waals surface area contributed by atoms with Crippen LogP contribution in [0, 0.1) is 0 Å². The van der Waals surface area contributed by atoms with Crippen molar-refractivity contribution in [2.24, 2.45) is 0 Å². The Kier molecular flexibility index (Phi) is 5.64. The summed E-state index contributed by atoms with van der Waals surface area (Å²) in [5.74, 6) is -0.0680. The number of halogens is 1. The zero-order chi connectivity index (χ0) is 20.2. The van der Waals surface area contributed by atoms with Crippen molar-refractivity contribution in [1.82, 2.24) is 9.55 Å². The first-order chi connectivity index (χ1) is 14.1. The van der Waals surface area contributed by atoms with Gasteiger partial charge in [-0.2, -0.15) is 0 Å². The van der Waals surface area contributed by atoms with Crippen LogP contribution in [0.1, 0.15) is 0 Å². The number of rotatable bonds is 5. The molecule has 0 fully saturated rings. The third kappa shape index (κ3) is 4.34. The fourth-order valence-corrected chi connectivity index (χ4v) is 3.90. The van der Waals surface area contributed by atoms with Crippen molar-refractivity contribution in [2.75, 3.05) is 11.1 Å². The summed E-state index contributed by atoms with van der Waals surface area (Å²) in [5.41, 5.74) is 1.70. The average Bonchev–Trinajstić information content (AvgIpc) is 2.73. The Hall–Kier alpha value is -3.09. The Labute approximate surface area is 176 Å². The summed E-state index contributed by atoms with van der Waals surface area (Å²) in [6, 6.07) is 23.4. The second-order valence-electron chi connectivity index (χ2n) is 6.23. The number of benzene rings is 3. The lowest BCUT2D eigenvalue weighted by molar-refractivity contribution is -0.113. The number of carbonyl (C=O) groups excluding carboxylic acids is 1. The highest BCUT2D eigenvalue weighted by atomic mass is 35.5. The molecule has 1 heterocycles. The fourth-order valence-electron chi connectivity index (χ4n) is 2.90. The van der Waals surface area contributed by atoms with Crippen molar-refractivity contribution in [3.8, 4) is 5.69 Å². The fraction of sp³-hybridized carbons (Fsp3) is 0.0455. The summed E-state index contributed by atoms with van der Waals surface area (Å²) >= 11 is 7.33. The number of carbonyl (C=O) groups is 1. The van der Waals surface area contributed by atoms with Crippen molar-refractivity contribution in [1.29, 1.82) is 0 Å². The highest BCUT2D eigenvalue weighted by molar-refractivity contribution is 7.99. The number of anilines is 1. The van der Waals surface area contributed by atoms with Crippen LogP contribution in [0.2, 0.25) is 5.02 Å². The number of nitrogens with one attached hydrogen (secondary N) is 1. The summed E-state index contributed by atoms with van der Waals surface area (Å²) in [4.78, 5) is 30.2. The van der Waals surface area contributed by atoms with E-state index >= 15 is 0 Å². The maximum absolute atomic E-state index is 13.2. The zero-order valence-corrected chi connectivity index (χ0v) is 16.8. The molecule has 0 aliphatic rings. The number of fused-ring (bicyclic) bond motifs is 1. The molecule has 4 rings (SSSR count). The minimum atomic E-state index is -0.205. The van der Waals surface area contributed by atoms with E-state index < -0.39 is 0 Å². The molecule has 7 heteroatoms. The van der Waals surface area contributed by atoms with Gasteiger partial charge in [0.25, 0.3) is 5.56 Å². The van der Waals surface area contributed by atoms with Gasteiger partial charge in [0, 0.05) is 10.7 Å². The molecule has 3 aromatic carbocycles. The second kappa shape index (κ2) is 8.51. The van der Waals surface area contributed by atoms with Gasteiger partial charge in [-0.1, -0.05) is 59.8 Å². The molecule has 5 nitrogen and oxygen atoms in total. The number of aromatic nitrogens is 2. The Morgan fingerprint density at radius 2 is 1.76 bits per heavy atom. The lowest BCUT2D eigenvalue weighted by Crippen LogP contribution is -2.23. The van der Waals surface area contributed by atoms with Gasteiger partial charge >= 0.3 is 0 Å². The molecule has 0 unspecified atom stereocenters. The van der Waals surface area contributed by atoms with Gasteiger partial charge in [0.1, 0.15) is 0 Å². The highest BCUT2D eigenvalue weighted by Crippen LogP contribution is 2.23. The molecule has 0 spiro atoms. The van der Waals surface area contributed by atoms with Crippen LogP contribution >= 0.6 is 23.4 Å². The van der Waals surface area contributed by atoms with Crippen LogP contribution in [0.4, 0.5) is 5.69 Å². The van der Waals surface area contributed by atoms with Crippen molar-refractivity contribution < 1.29 is 4.79 Å². The van der Waals surface area contributed by atoms with Gasteiger partial charge in [-0.3, -0.25) is 14.2 Å². The molecule has 0 saturated carbocycles. The third-order valence-corrected chi connectivity index (χ3v) is 5.37. The molecule has 0 saturated heterocycles. The SMILES string of the molecule is O=C(CSc1nc2ccccc2c(=O)n1-c1cccc(Cl)c1)Nc1ccccc1. The largest absolute Gasteiger partial charge is 0.325 e. The number of amides is 1. The summed E-state index contributed by atoms with van der Waals surface area (Å²) in [7, 11) is 0. The molecule has 4 aromatic rings. The standard InChI is InChI=1S/C22H16ClN3O2S/c23-15-7-6-10-17(13-15)26-21(28)18-11-4-5-12-19(18)25-22(26)29-14-20(27)24-16-8-2-1-3-9-16/h1-13H,14H2,(H,24,27). The summed E-state index contributed by atoms with van der Waals surface area (Å²) in [6.07, 6.45) is 0. The van der Waals surface area contributed by atoms with Gasteiger partial charge in [-0.15, -0.1) is 0 Å². The Morgan fingerprint density at radius 3 is 2.55 bits per heavy atom. The number of nitrogens with zero attached hydrogens (tertiary/aromatic N) is 2. The predicted octanol–water partition coefficient (Wildman–Crippen LogP) is 4.77. The third-order valence-electron chi connectivity index (χ3n) is 4.20. The van der Waals surface area contributed by atoms with Crippen LogP contribution in [-0.4, -0.2) is 21.2 Å². The molecule has 0 aliphatic carbocycles. The lowest BCUT2D eigenvalue weighted by Gasteiger charge is -2.13. The molecule has 0 atom stereocenters. The van der Waals surface area contributed by atoms with E-state index in [9.17, 15) is 9.59 Å². The van der Waals surface area contributed by atoms with Crippen LogP contribution in [0.5, 0.6) is 0 Å². The van der Waals surface area contributed by atoms with Gasteiger partial charge in [0.2, 0.25) is 5.91 Å². The van der Waals surface area contributed by atoms with Crippen molar-refractivity contribution in [3.63, 3.8) is 0 Å². The average molecular weight is 422 g/mol. The number of para-hydroxylation sites is 2. The molecule has 0 aliphatic heterocycles. The van der Waals surface area contributed by atoms with E-state index in [-0.39, 0.29) is 17.2 Å². The highest BCUT2D eigenvalue weighted by Gasteiger charge is 2.15. The van der Waals surface area contributed by atoms with Crippen molar-refractivity contribution in [2.45, 2.75) is 5.16 Å². The normalized spacial score (nSPS) is 10.8. The monoisotopic (exact) mass is 421 g/mol. The van der Waals surface area contributed by atoms with Crippen LogP contribution in [0.25, 0.3) is 16.6 Å². The Bertz CT molecular complexity index is 1240. The molecule has 0 bridgehead atoms. The summed E-state index contributed by atoms with van der Waals surface area (Å²) < 4.78 is 1.49. The van der Waals surface area contributed by atoms with Crippen LogP contribution in [0.3, 0.4) is 0 Å². The van der Waals surface area contributed by atoms with Gasteiger partial charge in [0.05, 0.1) is 22.3 Å². The maximum atomic E-state index is 13.2. The molecular weight excluding hydrogens is 406 g/mol. The molecule has 0 radical (unpaired) electrons. The van der Waals surface area contributed by atoms with Gasteiger partial charge < -0.3 is 5.32 Å². The first kappa shape index (κ1) is 19.2. The summed E-state index contributed by atoms with van der Waals surface area (Å²) in [6.45, 7) is 0. The summed E-state index contributed by atoms with van der Waals surface area (Å²) in [5, 5.41) is 4.29. The van der Waals surface area contributed by atoms with Crippen LogP contribution in [0.15, 0.2) is 88.8 Å². The van der Waals surface area contributed by atoms with Crippen molar-refractivity contribution >= 4 is 45.9 Å². The van der Waals surface area contributed by atoms with Gasteiger partial charge in [-0.05, 0) is 42.5 Å². The zero-order valence-electron chi connectivity index (χ0n) is 15.2. The minimum absolute atomic E-state index is 0.111. The van der Waals surface area contributed by atoms with E-state index in [0.717, 1.165) is 5.69 Å². The maximum Gasteiger partial charge on any atom is 0.266 e. The quantitative estimate of drug-likeness (QED) is 0.372. The Balaban J connectivity index is 1.70. The molecular formula is C22H16ClN3O2S. The second-order valence-corrected chi connectivity index (χ2v) is 7.61. The smallest absolute Gasteiger partial charge is 0.266 e. The van der Waals surface area contributed by atoms with Crippen LogP contribution < -0.4 is 10.9 Å². The number of hydrogen-bond acceptors (Lipinski definition) is 4. The van der Waals surface area contributed by atoms with E-state index in [1.807, 2.05) is 36.4 Å². The topological polar surface area (TPSA) is 64.0 Å². The van der Waals surface area contributed by atoms with E-state index in [1.165, 1.54) is 16.3 Å². The first-order valence-electron chi connectivity index (χ1n) is 8.87. The van der Waals surface area contributed by atoms with E-state index in [1.54, 1.807) is 42.5 Å². The van der Waals surface area contributed by atoms with E-state index in [0.29, 0.717) is 26.8 Å². The molecule has 1 N–H and O–H groups in total. The predicted molar refractivity (Wildman–Crippen MR) is 118 cm³/mol. The molecule has 1 amide bonds.